The van der Waals surface area contributed by atoms with Crippen LogP contribution in [-0.4, -0.2) is 20.1 Å². The molecule has 0 saturated carbocycles. The molecule has 0 unspecified atom stereocenters. The normalized spacial score (nSPS) is 19.1. The zero-order chi connectivity index (χ0) is 11.0. The van der Waals surface area contributed by atoms with Crippen LogP contribution in [-0.2, 0) is 6.42 Å². The van der Waals surface area contributed by atoms with E-state index in [4.69, 9.17) is 0 Å². The second kappa shape index (κ2) is 3.83. The van der Waals surface area contributed by atoms with Gasteiger partial charge in [0.1, 0.15) is 0 Å². The van der Waals surface area contributed by atoms with Crippen molar-refractivity contribution in [1.29, 1.82) is 0 Å². The van der Waals surface area contributed by atoms with Gasteiger partial charge in [-0.3, -0.25) is 0 Å². The predicted molar refractivity (Wildman–Crippen MR) is 67.1 cm³/mol. The van der Waals surface area contributed by atoms with Crippen LogP contribution in [0.5, 0.6) is 0 Å². The van der Waals surface area contributed by atoms with Gasteiger partial charge in [0.25, 0.3) is 0 Å². The maximum Gasteiger partial charge on any atom is 0.0419 e. The minimum absolute atomic E-state index is 0.911. The van der Waals surface area contributed by atoms with Gasteiger partial charge in [-0.05, 0) is 41.7 Å². The van der Waals surface area contributed by atoms with Gasteiger partial charge in [-0.15, -0.1) is 0 Å². The first-order valence-electron chi connectivity index (χ1n) is 5.86. The molecule has 0 atom stereocenters. The van der Waals surface area contributed by atoms with Crippen molar-refractivity contribution in [1.82, 2.24) is 10.9 Å². The Morgan fingerprint density at radius 1 is 1.31 bits per heavy atom. The molecule has 1 aromatic carbocycles. The molecule has 3 nitrogen and oxygen atoms in total. The number of nitrogens with zero attached hydrogens (tertiary/aromatic N) is 1. The summed E-state index contributed by atoms with van der Waals surface area (Å²) in [6.07, 6.45) is 4.53. The van der Waals surface area contributed by atoms with Crippen LogP contribution in [0.25, 0.3) is 5.57 Å². The van der Waals surface area contributed by atoms with Crippen molar-refractivity contribution < 1.29 is 0 Å². The molecular weight excluding hydrogens is 198 g/mol. The van der Waals surface area contributed by atoms with Crippen LogP contribution in [0, 0.1) is 0 Å². The third-order valence-corrected chi connectivity index (χ3v) is 3.43. The fraction of sp³-hybridized carbons (Fsp3) is 0.385. The first-order chi connectivity index (χ1) is 7.84. The summed E-state index contributed by atoms with van der Waals surface area (Å²) in [6.45, 7) is 2.09. The monoisotopic (exact) mass is 215 g/mol. The Kier molecular flexibility index (Phi) is 2.33. The van der Waals surface area contributed by atoms with Crippen LogP contribution >= 0.6 is 0 Å². The Morgan fingerprint density at radius 2 is 2.25 bits per heavy atom. The van der Waals surface area contributed by atoms with E-state index in [0.29, 0.717) is 0 Å². The summed E-state index contributed by atoms with van der Waals surface area (Å²) in [5.74, 6) is 0. The second-order valence-electron chi connectivity index (χ2n) is 4.54. The standard InChI is InChI=1S/C13H17N3/c1-16-6-2-3-11-7-10(4-5-13(11)16)12-8-14-15-9-12/h4-5,7-8,14-15H,2-3,6,9H2,1H3. The van der Waals surface area contributed by atoms with Gasteiger partial charge in [0, 0.05) is 32.0 Å². The lowest BCUT2D eigenvalue weighted by atomic mass is 9.97. The SMILES string of the molecule is CN1CCCc2cc(C3=CNNC3)ccc21. The van der Waals surface area contributed by atoms with Crippen LogP contribution < -0.4 is 15.8 Å². The van der Waals surface area contributed by atoms with Crippen molar-refractivity contribution in [3.05, 3.63) is 35.5 Å². The molecule has 2 aliphatic heterocycles. The lowest BCUT2D eigenvalue weighted by molar-refractivity contribution is 0.729. The molecule has 0 spiro atoms. The molecule has 16 heavy (non-hydrogen) atoms. The third-order valence-electron chi connectivity index (χ3n) is 3.43. The average Bonchev–Trinajstić information content (AvgIpc) is 2.82. The van der Waals surface area contributed by atoms with Crippen molar-refractivity contribution in [3.8, 4) is 0 Å². The molecule has 0 radical (unpaired) electrons. The Bertz CT molecular complexity index is 437. The van der Waals surface area contributed by atoms with Crippen molar-refractivity contribution in [2.75, 3.05) is 25.0 Å². The lowest BCUT2D eigenvalue weighted by Gasteiger charge is -2.27. The minimum atomic E-state index is 0.911. The van der Waals surface area contributed by atoms with Gasteiger partial charge in [-0.1, -0.05) is 6.07 Å². The summed E-state index contributed by atoms with van der Waals surface area (Å²) >= 11 is 0. The first-order valence-corrected chi connectivity index (χ1v) is 5.86. The minimum Gasteiger partial charge on any atom is -0.374 e. The van der Waals surface area contributed by atoms with Crippen molar-refractivity contribution in [2.45, 2.75) is 12.8 Å². The van der Waals surface area contributed by atoms with Gasteiger partial charge >= 0.3 is 0 Å². The van der Waals surface area contributed by atoms with Gasteiger partial charge in [-0.25, -0.2) is 5.43 Å². The molecule has 2 heterocycles. The van der Waals surface area contributed by atoms with Gasteiger partial charge in [0.2, 0.25) is 0 Å². The number of nitrogens with one attached hydrogen (secondary N) is 2. The largest absolute Gasteiger partial charge is 0.374 e. The highest BCUT2D eigenvalue weighted by Crippen LogP contribution is 2.29. The van der Waals surface area contributed by atoms with Gasteiger partial charge < -0.3 is 10.3 Å². The van der Waals surface area contributed by atoms with E-state index >= 15 is 0 Å². The quantitative estimate of drug-likeness (QED) is 0.743. The highest BCUT2D eigenvalue weighted by atomic mass is 15.4. The molecule has 0 fully saturated rings. The number of hydrazine groups is 1. The third kappa shape index (κ3) is 1.57. The molecule has 0 saturated heterocycles. The Labute approximate surface area is 96.1 Å². The van der Waals surface area contributed by atoms with Crippen molar-refractivity contribution in [3.63, 3.8) is 0 Å². The number of hydrogen-bond donors (Lipinski definition) is 2. The predicted octanol–water partition coefficient (Wildman–Crippen LogP) is 1.52. The molecule has 0 amide bonds. The number of anilines is 1. The van der Waals surface area contributed by atoms with Crippen LogP contribution in [0.3, 0.4) is 0 Å². The van der Waals surface area contributed by atoms with Crippen LogP contribution in [0.4, 0.5) is 5.69 Å². The molecule has 1 aromatic rings. The summed E-state index contributed by atoms with van der Waals surface area (Å²) < 4.78 is 0. The van der Waals surface area contributed by atoms with E-state index in [1.165, 1.54) is 41.8 Å². The van der Waals surface area contributed by atoms with Crippen molar-refractivity contribution in [2.24, 2.45) is 0 Å². The van der Waals surface area contributed by atoms with E-state index < -0.39 is 0 Å². The van der Waals surface area contributed by atoms with Crippen LogP contribution in [0.2, 0.25) is 0 Å². The highest BCUT2D eigenvalue weighted by molar-refractivity contribution is 5.71. The average molecular weight is 215 g/mol. The number of benzene rings is 1. The fourth-order valence-corrected chi connectivity index (χ4v) is 2.51. The Morgan fingerprint density at radius 3 is 3.06 bits per heavy atom. The van der Waals surface area contributed by atoms with E-state index in [0.717, 1.165) is 6.54 Å². The zero-order valence-electron chi connectivity index (χ0n) is 9.59. The van der Waals surface area contributed by atoms with Gasteiger partial charge in [0.05, 0.1) is 0 Å². The zero-order valence-corrected chi connectivity index (χ0v) is 9.59. The maximum absolute atomic E-state index is 3.11. The summed E-state index contributed by atoms with van der Waals surface area (Å²) in [4.78, 5) is 2.35. The summed E-state index contributed by atoms with van der Waals surface area (Å²) in [5, 5.41) is 0. The maximum atomic E-state index is 3.11. The second-order valence-corrected chi connectivity index (χ2v) is 4.54. The van der Waals surface area contributed by atoms with E-state index in [9.17, 15) is 0 Å². The Hall–Kier alpha value is -1.48. The fourth-order valence-electron chi connectivity index (χ4n) is 2.51. The van der Waals surface area contributed by atoms with Crippen LogP contribution in [0.1, 0.15) is 17.5 Å². The number of aryl methyl sites for hydroxylation is 1. The summed E-state index contributed by atoms with van der Waals surface area (Å²) in [6, 6.07) is 6.82. The van der Waals surface area contributed by atoms with E-state index in [1.807, 2.05) is 6.20 Å². The number of fused-ring (bicyclic) bond motifs is 1. The summed E-state index contributed by atoms with van der Waals surface area (Å²) in [5.41, 5.74) is 11.7. The van der Waals surface area contributed by atoms with Crippen molar-refractivity contribution >= 4 is 11.3 Å². The smallest absolute Gasteiger partial charge is 0.0419 e. The van der Waals surface area contributed by atoms with Gasteiger partial charge in [0.15, 0.2) is 0 Å². The van der Waals surface area contributed by atoms with Crippen LogP contribution in [0.15, 0.2) is 24.4 Å². The molecule has 0 aliphatic carbocycles. The van der Waals surface area contributed by atoms with Gasteiger partial charge in [-0.2, -0.15) is 0 Å². The molecule has 3 rings (SSSR count). The Balaban J connectivity index is 1.98. The molecule has 3 heteroatoms. The molecule has 0 aromatic heterocycles. The molecular formula is C13H17N3. The number of rotatable bonds is 1. The lowest BCUT2D eigenvalue weighted by Crippen LogP contribution is -2.24. The van der Waals surface area contributed by atoms with E-state index in [2.05, 4.69) is 41.0 Å². The number of hydrogen-bond acceptors (Lipinski definition) is 3. The first kappa shape index (κ1) is 9.73. The van der Waals surface area contributed by atoms with E-state index in [-0.39, 0.29) is 0 Å². The molecule has 84 valence electrons. The molecule has 2 aliphatic rings. The topological polar surface area (TPSA) is 27.3 Å². The highest BCUT2D eigenvalue weighted by Gasteiger charge is 2.15. The van der Waals surface area contributed by atoms with E-state index in [1.54, 1.807) is 0 Å². The summed E-state index contributed by atoms with van der Waals surface area (Å²) in [7, 11) is 2.18. The molecule has 2 N–H and O–H groups in total. The molecule has 0 bridgehead atoms.